The molecule has 1 aromatic heterocycles. The van der Waals surface area contributed by atoms with E-state index < -0.39 is 0 Å². The maximum absolute atomic E-state index is 6.00. The molecule has 1 unspecified atom stereocenters. The van der Waals surface area contributed by atoms with E-state index in [2.05, 4.69) is 54.0 Å². The molecular weight excluding hydrogens is 286 g/mol. The van der Waals surface area contributed by atoms with Gasteiger partial charge in [-0.05, 0) is 46.6 Å². The van der Waals surface area contributed by atoms with Crippen molar-refractivity contribution in [1.29, 1.82) is 0 Å². The summed E-state index contributed by atoms with van der Waals surface area (Å²) in [5.74, 6) is 0. The van der Waals surface area contributed by atoms with Gasteiger partial charge in [0, 0.05) is 9.72 Å². The van der Waals surface area contributed by atoms with Gasteiger partial charge in [0.05, 0.1) is 6.04 Å². The summed E-state index contributed by atoms with van der Waals surface area (Å²) < 4.78 is 1.33. The number of thiophene rings is 1. The molecule has 1 N–H and O–H groups in total. The van der Waals surface area contributed by atoms with Crippen molar-refractivity contribution in [1.82, 2.24) is 5.32 Å². The van der Waals surface area contributed by atoms with Crippen molar-refractivity contribution in [3.63, 3.8) is 0 Å². The van der Waals surface area contributed by atoms with Crippen LogP contribution in [0.5, 0.6) is 0 Å². The first-order valence-corrected chi connectivity index (χ1v) is 8.00. The van der Waals surface area contributed by atoms with Crippen LogP contribution in [-0.2, 0) is 0 Å². The van der Waals surface area contributed by atoms with Crippen LogP contribution >= 0.6 is 22.9 Å². The van der Waals surface area contributed by atoms with Gasteiger partial charge >= 0.3 is 0 Å². The average molecular weight is 302 g/mol. The highest BCUT2D eigenvalue weighted by molar-refractivity contribution is 7.17. The molecule has 102 valence electrons. The van der Waals surface area contributed by atoms with Gasteiger partial charge in [-0.1, -0.05) is 48.9 Å². The van der Waals surface area contributed by atoms with Crippen molar-refractivity contribution < 1.29 is 0 Å². The first kappa shape index (κ1) is 13.6. The van der Waals surface area contributed by atoms with Crippen molar-refractivity contribution in [3.05, 3.63) is 70.1 Å². The molecule has 0 radical (unpaired) electrons. The van der Waals surface area contributed by atoms with Gasteiger partial charge in [0.2, 0.25) is 0 Å². The summed E-state index contributed by atoms with van der Waals surface area (Å²) in [7, 11) is 0. The Morgan fingerprint density at radius 2 is 1.85 bits per heavy atom. The smallest absolute Gasteiger partial charge is 0.0591 e. The fourth-order valence-corrected chi connectivity index (χ4v) is 3.60. The maximum Gasteiger partial charge on any atom is 0.0591 e. The van der Waals surface area contributed by atoms with Crippen molar-refractivity contribution in [2.24, 2.45) is 0 Å². The third-order valence-corrected chi connectivity index (χ3v) is 4.67. The molecule has 0 aliphatic rings. The van der Waals surface area contributed by atoms with Crippen LogP contribution in [-0.4, -0.2) is 6.54 Å². The minimum Gasteiger partial charge on any atom is -0.306 e. The fraction of sp³-hybridized carbons (Fsp3) is 0.176. The molecule has 0 fully saturated rings. The first-order chi connectivity index (χ1) is 9.79. The molecule has 3 heteroatoms. The Bertz CT molecular complexity index is 702. The third-order valence-electron chi connectivity index (χ3n) is 3.43. The zero-order valence-electron chi connectivity index (χ0n) is 11.3. The Morgan fingerprint density at radius 1 is 1.10 bits per heavy atom. The lowest BCUT2D eigenvalue weighted by Crippen LogP contribution is -2.21. The van der Waals surface area contributed by atoms with Crippen LogP contribution in [0, 0.1) is 0 Å². The molecule has 1 atom stereocenters. The maximum atomic E-state index is 6.00. The number of fused-ring (bicyclic) bond motifs is 1. The molecule has 0 spiro atoms. The van der Waals surface area contributed by atoms with E-state index >= 15 is 0 Å². The van der Waals surface area contributed by atoms with Gasteiger partial charge < -0.3 is 5.32 Å². The van der Waals surface area contributed by atoms with E-state index in [0.29, 0.717) is 0 Å². The lowest BCUT2D eigenvalue weighted by atomic mass is 9.98. The molecule has 1 heterocycles. The molecule has 3 aromatic rings. The monoisotopic (exact) mass is 301 g/mol. The number of rotatable bonds is 4. The summed E-state index contributed by atoms with van der Waals surface area (Å²) >= 11 is 7.79. The average Bonchev–Trinajstić information content (AvgIpc) is 2.90. The number of hydrogen-bond donors (Lipinski definition) is 1. The SMILES string of the molecule is CCNC(c1ccc(Cl)cc1)c1csc2ccccc12. The van der Waals surface area contributed by atoms with Crippen LogP contribution in [0.25, 0.3) is 10.1 Å². The summed E-state index contributed by atoms with van der Waals surface area (Å²) in [6, 6.07) is 16.9. The topological polar surface area (TPSA) is 12.0 Å². The molecule has 0 aliphatic heterocycles. The summed E-state index contributed by atoms with van der Waals surface area (Å²) in [6.07, 6.45) is 0. The Hall–Kier alpha value is -1.35. The predicted molar refractivity (Wildman–Crippen MR) is 88.8 cm³/mol. The van der Waals surface area contributed by atoms with E-state index in [9.17, 15) is 0 Å². The molecule has 0 saturated carbocycles. The quantitative estimate of drug-likeness (QED) is 0.693. The standard InChI is InChI=1S/C17H16ClNS/c1-2-19-17(12-7-9-13(18)10-8-12)15-11-20-16-6-4-3-5-14(15)16/h3-11,17,19H,2H2,1H3. The van der Waals surface area contributed by atoms with Crippen molar-refractivity contribution >= 4 is 33.0 Å². The van der Waals surface area contributed by atoms with Crippen molar-refractivity contribution in [2.45, 2.75) is 13.0 Å². The largest absolute Gasteiger partial charge is 0.306 e. The molecular formula is C17H16ClNS. The van der Waals surface area contributed by atoms with E-state index in [4.69, 9.17) is 11.6 Å². The first-order valence-electron chi connectivity index (χ1n) is 6.74. The number of hydrogen-bond acceptors (Lipinski definition) is 2. The van der Waals surface area contributed by atoms with Crippen LogP contribution in [0.1, 0.15) is 24.1 Å². The van der Waals surface area contributed by atoms with Crippen LogP contribution in [0.3, 0.4) is 0 Å². The van der Waals surface area contributed by atoms with Crippen molar-refractivity contribution in [3.8, 4) is 0 Å². The van der Waals surface area contributed by atoms with Gasteiger partial charge in [0.25, 0.3) is 0 Å². The molecule has 0 bridgehead atoms. The van der Waals surface area contributed by atoms with Gasteiger partial charge in [-0.3, -0.25) is 0 Å². The zero-order valence-corrected chi connectivity index (χ0v) is 12.8. The Morgan fingerprint density at radius 3 is 2.60 bits per heavy atom. The van der Waals surface area contributed by atoms with Gasteiger partial charge in [0.1, 0.15) is 0 Å². The summed E-state index contributed by atoms with van der Waals surface area (Å²) in [5.41, 5.74) is 2.59. The molecule has 3 rings (SSSR count). The fourth-order valence-electron chi connectivity index (χ4n) is 2.49. The van der Waals surface area contributed by atoms with Crippen LogP contribution in [0.4, 0.5) is 0 Å². The second kappa shape index (κ2) is 5.96. The molecule has 1 nitrogen and oxygen atoms in total. The lowest BCUT2D eigenvalue weighted by Gasteiger charge is -2.18. The highest BCUT2D eigenvalue weighted by atomic mass is 35.5. The summed E-state index contributed by atoms with van der Waals surface area (Å²) in [5, 5.41) is 7.94. The van der Waals surface area contributed by atoms with E-state index in [-0.39, 0.29) is 6.04 Å². The minimum absolute atomic E-state index is 0.216. The highest BCUT2D eigenvalue weighted by Gasteiger charge is 2.16. The number of halogens is 1. The van der Waals surface area contributed by atoms with E-state index in [1.54, 1.807) is 11.3 Å². The number of nitrogens with one attached hydrogen (secondary N) is 1. The molecule has 0 amide bonds. The van der Waals surface area contributed by atoms with E-state index in [1.165, 1.54) is 21.2 Å². The zero-order chi connectivity index (χ0) is 13.9. The molecule has 0 saturated heterocycles. The van der Waals surface area contributed by atoms with Crippen LogP contribution < -0.4 is 5.32 Å². The van der Waals surface area contributed by atoms with E-state index in [1.807, 2.05) is 12.1 Å². The van der Waals surface area contributed by atoms with Gasteiger partial charge in [-0.25, -0.2) is 0 Å². The summed E-state index contributed by atoms with van der Waals surface area (Å²) in [6.45, 7) is 3.06. The van der Waals surface area contributed by atoms with E-state index in [0.717, 1.165) is 11.6 Å². The highest BCUT2D eigenvalue weighted by Crippen LogP contribution is 2.33. The van der Waals surface area contributed by atoms with Gasteiger partial charge in [-0.15, -0.1) is 11.3 Å². The van der Waals surface area contributed by atoms with Crippen LogP contribution in [0.2, 0.25) is 5.02 Å². The molecule has 0 aliphatic carbocycles. The molecule has 20 heavy (non-hydrogen) atoms. The second-order valence-electron chi connectivity index (χ2n) is 4.73. The normalized spacial score (nSPS) is 12.7. The van der Waals surface area contributed by atoms with Gasteiger partial charge in [0.15, 0.2) is 0 Å². The van der Waals surface area contributed by atoms with Crippen LogP contribution in [0.15, 0.2) is 53.9 Å². The third kappa shape index (κ3) is 2.59. The second-order valence-corrected chi connectivity index (χ2v) is 6.08. The van der Waals surface area contributed by atoms with Crippen molar-refractivity contribution in [2.75, 3.05) is 6.54 Å². The predicted octanol–water partition coefficient (Wildman–Crippen LogP) is 5.25. The Labute approximate surface area is 128 Å². The van der Waals surface area contributed by atoms with Gasteiger partial charge in [-0.2, -0.15) is 0 Å². The Kier molecular flexibility index (Phi) is 4.06. The minimum atomic E-state index is 0.216. The lowest BCUT2D eigenvalue weighted by molar-refractivity contribution is 0.636. The molecule has 2 aromatic carbocycles. The summed E-state index contributed by atoms with van der Waals surface area (Å²) in [4.78, 5) is 0. The number of benzene rings is 2. The Balaban J connectivity index is 2.08.